The molecule has 0 amide bonds. The fourth-order valence-corrected chi connectivity index (χ4v) is 0.177. The summed E-state index contributed by atoms with van der Waals surface area (Å²) in [6, 6.07) is 0. The molecule has 0 aromatic carbocycles. The molecule has 48 valence electrons. The van der Waals surface area contributed by atoms with Crippen LogP contribution < -0.4 is 59.4 Å². The van der Waals surface area contributed by atoms with Gasteiger partial charge in [0.15, 0.2) is 0 Å². The largest absolute Gasteiger partial charge is 1.00 e. The molecule has 0 aliphatic heterocycles. The van der Waals surface area contributed by atoms with Gasteiger partial charge in [0.25, 0.3) is 0 Å². The number of quaternary nitrogens is 2. The van der Waals surface area contributed by atoms with Crippen LogP contribution >= 0.6 is 0 Å². The van der Waals surface area contributed by atoms with E-state index in [-0.39, 0.29) is 48.0 Å². The van der Waals surface area contributed by atoms with E-state index >= 15 is 0 Å². The summed E-state index contributed by atoms with van der Waals surface area (Å²) in [5, 5.41) is 0. The maximum Gasteiger partial charge on any atom is 0.0794 e. The highest BCUT2D eigenvalue weighted by molar-refractivity contribution is 4.18. The second-order valence-corrected chi connectivity index (χ2v) is 1.06. The Balaban J connectivity index is -0.0000000800. The zero-order chi connectivity index (χ0) is 4.12. The van der Waals surface area contributed by atoms with E-state index in [1.165, 1.54) is 6.42 Å². The van der Waals surface area contributed by atoms with E-state index in [1.54, 1.807) is 0 Å². The van der Waals surface area contributed by atoms with Gasteiger partial charge >= 0.3 is 0 Å². The fraction of sp³-hybridized carbons (Fsp3) is 1.00. The summed E-state index contributed by atoms with van der Waals surface area (Å²) in [6.45, 7) is 2.06. The quantitative estimate of drug-likeness (QED) is 0.473. The second kappa shape index (κ2) is 15.7. The van der Waals surface area contributed by atoms with Crippen LogP contribution in [0.3, 0.4) is 0 Å². The Kier molecular flexibility index (Phi) is 35.3. The van der Waals surface area contributed by atoms with Gasteiger partial charge in [-0.2, -0.15) is 0 Å². The van der Waals surface area contributed by atoms with Crippen LogP contribution in [-0.2, 0) is 0 Å². The molecule has 6 N–H and O–H groups in total. The van der Waals surface area contributed by atoms with Crippen LogP contribution in [0.25, 0.3) is 0 Å². The number of halogens is 2. The molecule has 2 nitrogen and oxygen atoms in total. The van der Waals surface area contributed by atoms with Crippen molar-refractivity contribution in [2.24, 2.45) is 0 Å². The lowest BCUT2D eigenvalue weighted by Gasteiger charge is -1.75. The van der Waals surface area contributed by atoms with Crippen LogP contribution in [0, 0.1) is 0 Å². The van der Waals surface area contributed by atoms with E-state index in [2.05, 4.69) is 11.5 Å². The molecule has 4 heteroatoms. The Hall–Kier alpha value is 1.38. The molecule has 7 heavy (non-hydrogen) atoms. The average molecular weight is 330 g/mol. The van der Waals surface area contributed by atoms with E-state index in [0.29, 0.717) is 0 Å². The van der Waals surface area contributed by atoms with Gasteiger partial charge in [0.05, 0.1) is 13.1 Å². The molecule has 0 heterocycles. The van der Waals surface area contributed by atoms with Crippen molar-refractivity contribution in [2.75, 3.05) is 13.1 Å². The van der Waals surface area contributed by atoms with Crippen molar-refractivity contribution in [1.29, 1.82) is 0 Å². The third kappa shape index (κ3) is 18.7. The highest BCUT2D eigenvalue weighted by Gasteiger charge is 1.74. The Labute approximate surface area is 78.4 Å². The van der Waals surface area contributed by atoms with Crippen molar-refractivity contribution < 1.29 is 59.4 Å². The van der Waals surface area contributed by atoms with Crippen molar-refractivity contribution in [2.45, 2.75) is 6.42 Å². The van der Waals surface area contributed by atoms with Crippen molar-refractivity contribution in [3.63, 3.8) is 0 Å². The van der Waals surface area contributed by atoms with Crippen LogP contribution in [-0.4, -0.2) is 13.1 Å². The molecule has 0 aromatic heterocycles. The summed E-state index contributed by atoms with van der Waals surface area (Å²) in [6.07, 6.45) is 1.17. The minimum atomic E-state index is 0. The lowest BCUT2D eigenvalue weighted by atomic mass is 10.4. The van der Waals surface area contributed by atoms with Crippen LogP contribution in [0.4, 0.5) is 0 Å². The lowest BCUT2D eigenvalue weighted by molar-refractivity contribution is -0.404. The molecular formula is C3H12I2N2. The Morgan fingerprint density at radius 2 is 1.14 bits per heavy atom. The van der Waals surface area contributed by atoms with Crippen LogP contribution in [0.2, 0.25) is 0 Å². The molecule has 0 saturated heterocycles. The van der Waals surface area contributed by atoms with Gasteiger partial charge in [0, 0.05) is 6.42 Å². The molecule has 0 aliphatic rings. The molecule has 0 fully saturated rings. The first-order valence-electron chi connectivity index (χ1n) is 2.00. The van der Waals surface area contributed by atoms with Gasteiger partial charge in [0.1, 0.15) is 0 Å². The SMILES string of the molecule is [I-].[I-].[NH3+]CCC[NH3+]. The van der Waals surface area contributed by atoms with Crippen molar-refractivity contribution in [1.82, 2.24) is 0 Å². The molecular weight excluding hydrogens is 318 g/mol. The summed E-state index contributed by atoms with van der Waals surface area (Å²) < 4.78 is 0. The first kappa shape index (κ1) is 15.8. The summed E-state index contributed by atoms with van der Waals surface area (Å²) in [5.41, 5.74) is 7.27. The highest BCUT2D eigenvalue weighted by Crippen LogP contribution is 1.53. The monoisotopic (exact) mass is 330 g/mol. The summed E-state index contributed by atoms with van der Waals surface area (Å²) >= 11 is 0. The zero-order valence-electron chi connectivity index (χ0n) is 4.29. The normalized spacial score (nSPS) is 6.00. The van der Waals surface area contributed by atoms with Crippen LogP contribution in [0.5, 0.6) is 0 Å². The molecule has 0 aromatic rings. The number of rotatable bonds is 2. The maximum absolute atomic E-state index is 3.64. The van der Waals surface area contributed by atoms with Crippen LogP contribution in [0.1, 0.15) is 6.42 Å². The minimum absolute atomic E-state index is 0. The Morgan fingerprint density at radius 1 is 0.857 bits per heavy atom. The fourth-order valence-electron chi connectivity index (χ4n) is 0.177. The van der Waals surface area contributed by atoms with Gasteiger partial charge in [-0.05, 0) is 0 Å². The van der Waals surface area contributed by atoms with E-state index in [9.17, 15) is 0 Å². The van der Waals surface area contributed by atoms with E-state index in [4.69, 9.17) is 0 Å². The van der Waals surface area contributed by atoms with Gasteiger partial charge in [-0.25, -0.2) is 0 Å². The van der Waals surface area contributed by atoms with Gasteiger partial charge in [0.2, 0.25) is 0 Å². The van der Waals surface area contributed by atoms with E-state index in [0.717, 1.165) is 13.1 Å². The van der Waals surface area contributed by atoms with Gasteiger partial charge in [-0.1, -0.05) is 0 Å². The third-order valence-electron chi connectivity index (χ3n) is 0.500. The first-order valence-corrected chi connectivity index (χ1v) is 2.00. The molecule has 0 rings (SSSR count). The molecule has 0 spiro atoms. The molecule has 0 radical (unpaired) electrons. The zero-order valence-corrected chi connectivity index (χ0v) is 8.61. The molecule has 0 bridgehead atoms. The molecule has 0 atom stereocenters. The lowest BCUT2D eigenvalue weighted by Crippen LogP contribution is -3.00. The Bertz CT molecular complexity index is 18.4. The van der Waals surface area contributed by atoms with Crippen LogP contribution in [0.15, 0.2) is 0 Å². The van der Waals surface area contributed by atoms with Gasteiger partial charge in [-0.15, -0.1) is 0 Å². The van der Waals surface area contributed by atoms with Crippen molar-refractivity contribution in [3.05, 3.63) is 0 Å². The first-order chi connectivity index (χ1) is 2.41. The van der Waals surface area contributed by atoms with Gasteiger partial charge < -0.3 is 59.4 Å². The predicted octanol–water partition coefficient (Wildman–Crippen LogP) is -8.13. The number of hydrogen-bond acceptors (Lipinski definition) is 0. The summed E-state index contributed by atoms with van der Waals surface area (Å²) in [5.74, 6) is 0. The number of hydrogen-bond donors (Lipinski definition) is 2. The molecule has 0 unspecified atom stereocenters. The summed E-state index contributed by atoms with van der Waals surface area (Å²) in [4.78, 5) is 0. The van der Waals surface area contributed by atoms with E-state index in [1.807, 2.05) is 0 Å². The second-order valence-electron chi connectivity index (χ2n) is 1.06. The molecule has 0 saturated carbocycles. The third-order valence-corrected chi connectivity index (χ3v) is 0.500. The minimum Gasteiger partial charge on any atom is -1.00 e. The van der Waals surface area contributed by atoms with Gasteiger partial charge in [-0.3, -0.25) is 0 Å². The standard InChI is InChI=1S/C3H10N2.2HI/c4-2-1-3-5;;/h1-5H2;2*1H. The smallest absolute Gasteiger partial charge is 0.0794 e. The highest BCUT2D eigenvalue weighted by atomic mass is 127. The van der Waals surface area contributed by atoms with Crippen molar-refractivity contribution >= 4 is 0 Å². The predicted molar refractivity (Wildman–Crippen MR) is 20.1 cm³/mol. The van der Waals surface area contributed by atoms with Crippen molar-refractivity contribution in [3.8, 4) is 0 Å². The summed E-state index contributed by atoms with van der Waals surface area (Å²) in [7, 11) is 0. The topological polar surface area (TPSA) is 55.3 Å². The Morgan fingerprint density at radius 3 is 1.14 bits per heavy atom. The van der Waals surface area contributed by atoms with E-state index < -0.39 is 0 Å². The average Bonchev–Trinajstić information content (AvgIpc) is 1.41. The molecule has 0 aliphatic carbocycles. The maximum atomic E-state index is 3.64.